The summed E-state index contributed by atoms with van der Waals surface area (Å²) in [5, 5.41) is 0. The average molecular weight is 401 g/mol. The number of hydrogen-bond donors (Lipinski definition) is 0. The van der Waals surface area contributed by atoms with Gasteiger partial charge in [0, 0.05) is 0 Å². The molecule has 0 aromatic carbocycles. The molecule has 5 aliphatic carbocycles. The van der Waals surface area contributed by atoms with Crippen molar-refractivity contribution in [3.8, 4) is 0 Å². The zero-order valence-corrected chi connectivity index (χ0v) is 18.6. The van der Waals surface area contributed by atoms with Crippen LogP contribution >= 0.6 is 0 Å². The van der Waals surface area contributed by atoms with Crippen molar-refractivity contribution < 1.29 is 14.3 Å². The molecule has 6 aliphatic rings. The minimum atomic E-state index is -0.183. The van der Waals surface area contributed by atoms with Crippen molar-refractivity contribution in [2.24, 2.45) is 53.3 Å². The van der Waals surface area contributed by atoms with Crippen LogP contribution in [-0.4, -0.2) is 23.8 Å². The van der Waals surface area contributed by atoms with Crippen molar-refractivity contribution in [1.82, 2.24) is 0 Å². The van der Waals surface area contributed by atoms with Gasteiger partial charge in [0.15, 0.2) is 0 Å². The molecule has 0 aromatic rings. The van der Waals surface area contributed by atoms with E-state index in [1.54, 1.807) is 0 Å². The molecule has 0 aromatic heterocycles. The van der Waals surface area contributed by atoms with E-state index in [0.717, 1.165) is 67.1 Å². The minimum Gasteiger partial charge on any atom is -0.459 e. The van der Waals surface area contributed by atoms with Crippen molar-refractivity contribution >= 4 is 5.97 Å². The van der Waals surface area contributed by atoms with Gasteiger partial charge >= 0.3 is 5.97 Å². The molecule has 1 saturated heterocycles. The highest BCUT2D eigenvalue weighted by molar-refractivity contribution is 5.74. The van der Waals surface area contributed by atoms with E-state index >= 15 is 0 Å². The molecule has 1 heterocycles. The fourth-order valence-corrected chi connectivity index (χ4v) is 9.90. The highest BCUT2D eigenvalue weighted by Gasteiger charge is 2.71. The van der Waals surface area contributed by atoms with Crippen LogP contribution in [0.3, 0.4) is 0 Å². The summed E-state index contributed by atoms with van der Waals surface area (Å²) in [7, 11) is 0. The smallest absolute Gasteiger partial charge is 0.309 e. The second kappa shape index (κ2) is 6.71. The van der Waals surface area contributed by atoms with Gasteiger partial charge in [0.25, 0.3) is 0 Å². The lowest BCUT2D eigenvalue weighted by Crippen LogP contribution is -2.45. The summed E-state index contributed by atoms with van der Waals surface area (Å²) in [6.07, 6.45) is 13.1. The summed E-state index contributed by atoms with van der Waals surface area (Å²) >= 11 is 0. The highest BCUT2D eigenvalue weighted by atomic mass is 16.6. The summed E-state index contributed by atoms with van der Waals surface area (Å²) in [6, 6.07) is 0. The largest absolute Gasteiger partial charge is 0.459 e. The highest BCUT2D eigenvalue weighted by Crippen LogP contribution is 2.74. The summed E-state index contributed by atoms with van der Waals surface area (Å²) < 4.78 is 12.8. The molecular weight excluding hydrogens is 360 g/mol. The maximum Gasteiger partial charge on any atom is 0.309 e. The molecule has 29 heavy (non-hydrogen) atoms. The van der Waals surface area contributed by atoms with Crippen LogP contribution in [0, 0.1) is 53.3 Å². The van der Waals surface area contributed by atoms with Crippen molar-refractivity contribution in [2.45, 2.75) is 103 Å². The minimum absolute atomic E-state index is 0.167. The molecule has 5 saturated carbocycles. The Labute approximate surface area is 176 Å². The van der Waals surface area contributed by atoms with Gasteiger partial charge in [-0.3, -0.25) is 4.79 Å². The van der Waals surface area contributed by atoms with Crippen LogP contribution in [0.25, 0.3) is 0 Å². The van der Waals surface area contributed by atoms with Crippen molar-refractivity contribution in [3.05, 3.63) is 0 Å². The van der Waals surface area contributed by atoms with E-state index in [2.05, 4.69) is 20.8 Å². The fourth-order valence-electron chi connectivity index (χ4n) is 9.90. The summed E-state index contributed by atoms with van der Waals surface area (Å²) in [5.74, 6) is 6.77. The van der Waals surface area contributed by atoms with Gasteiger partial charge in [-0.1, -0.05) is 20.3 Å². The lowest BCUT2D eigenvalue weighted by molar-refractivity contribution is -0.170. The number of esters is 1. The standard InChI is InChI=1S/C26H40O3/c1-4-19-23-17-13-18(24(23)20(5-2)28-19)22-15-11-14(21(17)22)12-16(15)25(27)29-26(3)9-7-6-8-10-26/h14-24H,4-13H2,1-3H3. The first-order valence-electron chi connectivity index (χ1n) is 12.9. The molecule has 0 amide bonds. The molecule has 6 rings (SSSR count). The number of ether oxygens (including phenoxy) is 2. The van der Waals surface area contributed by atoms with Gasteiger partial charge in [0.2, 0.25) is 0 Å². The maximum absolute atomic E-state index is 13.3. The lowest BCUT2D eigenvalue weighted by Gasteiger charge is -2.44. The third-order valence-corrected chi connectivity index (χ3v) is 10.7. The SMILES string of the molecule is CCC1OC(CC)C2C3CC(C4C5CC(C(=O)OC6(C)CCCCC6)C(C5)C34)C12. The van der Waals surface area contributed by atoms with Crippen molar-refractivity contribution in [1.29, 1.82) is 0 Å². The van der Waals surface area contributed by atoms with Crippen LogP contribution in [-0.2, 0) is 14.3 Å². The molecule has 11 unspecified atom stereocenters. The number of rotatable bonds is 4. The predicted octanol–water partition coefficient (Wildman–Crippen LogP) is 5.61. The van der Waals surface area contributed by atoms with E-state index in [0.29, 0.717) is 18.1 Å². The molecule has 3 heteroatoms. The Kier molecular flexibility index (Phi) is 4.43. The molecule has 0 radical (unpaired) electrons. The Hall–Kier alpha value is -0.570. The van der Waals surface area contributed by atoms with Gasteiger partial charge in [-0.05, 0) is 112 Å². The Balaban J connectivity index is 1.21. The van der Waals surface area contributed by atoms with Crippen LogP contribution < -0.4 is 0 Å². The summed E-state index contributed by atoms with van der Waals surface area (Å²) in [6.45, 7) is 6.83. The Morgan fingerprint density at radius 3 is 2.17 bits per heavy atom. The van der Waals surface area contributed by atoms with E-state index in [9.17, 15) is 4.79 Å². The van der Waals surface area contributed by atoms with E-state index in [1.807, 2.05) is 0 Å². The first-order valence-corrected chi connectivity index (χ1v) is 12.9. The quantitative estimate of drug-likeness (QED) is 0.454. The van der Waals surface area contributed by atoms with Crippen LogP contribution in [0.1, 0.15) is 85.0 Å². The van der Waals surface area contributed by atoms with E-state index in [-0.39, 0.29) is 17.5 Å². The summed E-state index contributed by atoms with van der Waals surface area (Å²) in [5.41, 5.74) is -0.183. The van der Waals surface area contributed by atoms with Crippen LogP contribution in [0.2, 0.25) is 0 Å². The topological polar surface area (TPSA) is 35.5 Å². The number of carbonyl (C=O) groups is 1. The second-order valence-corrected chi connectivity index (χ2v) is 11.8. The maximum atomic E-state index is 13.3. The molecular formula is C26H40O3. The normalized spacial score (nSPS) is 53.8. The Bertz CT molecular complexity index is 667. The van der Waals surface area contributed by atoms with E-state index in [4.69, 9.17) is 9.47 Å². The molecule has 11 atom stereocenters. The van der Waals surface area contributed by atoms with Gasteiger partial charge < -0.3 is 9.47 Å². The summed E-state index contributed by atoms with van der Waals surface area (Å²) in [4.78, 5) is 13.3. The zero-order valence-electron chi connectivity index (χ0n) is 18.6. The number of hydrogen-bond acceptors (Lipinski definition) is 3. The lowest BCUT2D eigenvalue weighted by atomic mass is 9.60. The average Bonchev–Trinajstić information content (AvgIpc) is 3.49. The number of carbonyl (C=O) groups excluding carboxylic acids is 1. The molecule has 3 nitrogen and oxygen atoms in total. The van der Waals surface area contributed by atoms with Gasteiger partial charge in [0.1, 0.15) is 5.60 Å². The third kappa shape index (κ3) is 2.61. The van der Waals surface area contributed by atoms with Gasteiger partial charge in [-0.2, -0.15) is 0 Å². The Morgan fingerprint density at radius 1 is 0.862 bits per heavy atom. The van der Waals surface area contributed by atoms with Crippen LogP contribution in [0.4, 0.5) is 0 Å². The first-order chi connectivity index (χ1) is 14.0. The Morgan fingerprint density at radius 2 is 1.52 bits per heavy atom. The molecule has 4 bridgehead atoms. The van der Waals surface area contributed by atoms with Gasteiger partial charge in [-0.25, -0.2) is 0 Å². The third-order valence-electron chi connectivity index (χ3n) is 10.7. The number of fused-ring (bicyclic) bond motifs is 12. The van der Waals surface area contributed by atoms with Crippen molar-refractivity contribution in [3.63, 3.8) is 0 Å². The predicted molar refractivity (Wildman–Crippen MR) is 112 cm³/mol. The van der Waals surface area contributed by atoms with Crippen molar-refractivity contribution in [2.75, 3.05) is 0 Å². The molecule has 162 valence electrons. The van der Waals surface area contributed by atoms with Crippen LogP contribution in [0.5, 0.6) is 0 Å². The van der Waals surface area contributed by atoms with E-state index in [1.165, 1.54) is 38.5 Å². The van der Waals surface area contributed by atoms with E-state index < -0.39 is 0 Å². The molecule has 1 aliphatic heterocycles. The molecule has 6 fully saturated rings. The monoisotopic (exact) mass is 400 g/mol. The molecule has 0 N–H and O–H groups in total. The van der Waals surface area contributed by atoms with Gasteiger partial charge in [-0.15, -0.1) is 0 Å². The zero-order chi connectivity index (χ0) is 19.9. The second-order valence-electron chi connectivity index (χ2n) is 11.8. The van der Waals surface area contributed by atoms with Crippen LogP contribution in [0.15, 0.2) is 0 Å². The van der Waals surface area contributed by atoms with Gasteiger partial charge in [0.05, 0.1) is 18.1 Å². The molecule has 0 spiro atoms. The first kappa shape index (κ1) is 19.1. The fraction of sp³-hybridized carbons (Fsp3) is 0.962.